The highest BCUT2D eigenvalue weighted by atomic mass is 32.1. The molecule has 0 spiro atoms. The van der Waals surface area contributed by atoms with Gasteiger partial charge in [0.2, 0.25) is 0 Å². The van der Waals surface area contributed by atoms with Crippen LogP contribution in [0.3, 0.4) is 0 Å². The molecule has 0 saturated carbocycles. The van der Waals surface area contributed by atoms with Crippen LogP contribution in [0.2, 0.25) is 0 Å². The van der Waals surface area contributed by atoms with Gasteiger partial charge < -0.3 is 14.4 Å². The second-order valence-electron chi connectivity index (χ2n) is 6.73. The number of hydrogen-bond acceptors (Lipinski definition) is 9. The molecule has 0 fully saturated rings. The van der Waals surface area contributed by atoms with Crippen LogP contribution in [0.25, 0.3) is 16.3 Å². The average Bonchev–Trinajstić information content (AvgIpc) is 3.37. The van der Waals surface area contributed by atoms with Gasteiger partial charge in [-0.05, 0) is 26.2 Å². The van der Waals surface area contributed by atoms with Crippen LogP contribution in [0.5, 0.6) is 11.5 Å². The molecule has 31 heavy (non-hydrogen) atoms. The minimum absolute atomic E-state index is 0.0330. The van der Waals surface area contributed by atoms with Gasteiger partial charge in [-0.2, -0.15) is 0 Å². The van der Waals surface area contributed by atoms with E-state index in [9.17, 15) is 14.9 Å². The summed E-state index contributed by atoms with van der Waals surface area (Å²) < 4.78 is 11.6. The zero-order chi connectivity index (χ0) is 22.5. The Kier molecular flexibility index (Phi) is 7.21. The molecule has 0 aliphatic carbocycles. The van der Waals surface area contributed by atoms with E-state index in [1.54, 1.807) is 37.3 Å². The zero-order valence-electron chi connectivity index (χ0n) is 17.5. The highest BCUT2D eigenvalue weighted by Crippen LogP contribution is 2.37. The maximum atomic E-state index is 13.0. The number of carbonyl (C=O) groups is 1. The molecule has 0 atom stereocenters. The van der Waals surface area contributed by atoms with Crippen molar-refractivity contribution in [2.45, 2.75) is 0 Å². The smallest absolute Gasteiger partial charge is 0.324 e. The number of thiophene rings is 1. The molecule has 0 saturated heterocycles. The van der Waals surface area contributed by atoms with Crippen LogP contribution in [0.15, 0.2) is 30.3 Å². The predicted molar refractivity (Wildman–Crippen MR) is 124 cm³/mol. The van der Waals surface area contributed by atoms with Gasteiger partial charge in [0.1, 0.15) is 0 Å². The lowest BCUT2D eigenvalue weighted by molar-refractivity contribution is -0.380. The number of hydrogen-bond donors (Lipinski definition) is 0. The summed E-state index contributed by atoms with van der Waals surface area (Å²) in [5.74, 6) is 0.906. The Labute approximate surface area is 187 Å². The quantitative estimate of drug-likeness (QED) is 0.270. The molecule has 3 aromatic rings. The van der Waals surface area contributed by atoms with Crippen molar-refractivity contribution in [1.82, 2.24) is 9.88 Å². The normalized spacial score (nSPS) is 11.4. The molecule has 0 N–H and O–H groups in total. The van der Waals surface area contributed by atoms with Crippen LogP contribution in [0.4, 0.5) is 10.1 Å². The van der Waals surface area contributed by atoms with E-state index < -0.39 is 4.92 Å². The van der Waals surface area contributed by atoms with Gasteiger partial charge in [0.15, 0.2) is 16.6 Å². The number of rotatable bonds is 9. The van der Waals surface area contributed by atoms with Crippen LogP contribution in [-0.2, 0) is 4.79 Å². The first-order valence-corrected chi connectivity index (χ1v) is 10.9. The van der Waals surface area contributed by atoms with Crippen molar-refractivity contribution >= 4 is 55.0 Å². The highest BCUT2D eigenvalue weighted by Gasteiger charge is 2.20. The Morgan fingerprint density at radius 2 is 1.87 bits per heavy atom. The lowest BCUT2D eigenvalue weighted by atomic mass is 10.3. The van der Waals surface area contributed by atoms with Gasteiger partial charge >= 0.3 is 5.00 Å². The van der Waals surface area contributed by atoms with Crippen molar-refractivity contribution in [2.75, 3.05) is 46.3 Å². The average molecular weight is 463 g/mol. The molecule has 1 amide bonds. The molecule has 3 rings (SSSR count). The van der Waals surface area contributed by atoms with Crippen LogP contribution in [0, 0.1) is 10.1 Å². The molecule has 0 aliphatic rings. The summed E-state index contributed by atoms with van der Waals surface area (Å²) in [7, 11) is 6.98. The number of benzene rings is 1. The van der Waals surface area contributed by atoms with Gasteiger partial charge in [-0.1, -0.05) is 22.7 Å². The largest absolute Gasteiger partial charge is 0.493 e. The van der Waals surface area contributed by atoms with E-state index in [0.29, 0.717) is 40.1 Å². The SMILES string of the molecule is COc1cc2nc(N(CCN(C)C)C(=O)C=Cc3ccc([N+](=O)[O-])s3)sc2cc1OC. The number of thiazole rings is 1. The van der Waals surface area contributed by atoms with Crippen LogP contribution in [-0.4, -0.2) is 62.1 Å². The first-order chi connectivity index (χ1) is 14.8. The van der Waals surface area contributed by atoms with Gasteiger partial charge in [0.05, 0.1) is 29.4 Å². The van der Waals surface area contributed by atoms with Crippen molar-refractivity contribution in [2.24, 2.45) is 0 Å². The van der Waals surface area contributed by atoms with E-state index in [0.717, 1.165) is 16.0 Å². The molecule has 0 aliphatic heterocycles. The molecule has 2 heterocycles. The second-order valence-corrected chi connectivity index (χ2v) is 8.83. The van der Waals surface area contributed by atoms with Gasteiger partial charge in [-0.15, -0.1) is 0 Å². The van der Waals surface area contributed by atoms with Crippen molar-refractivity contribution in [3.05, 3.63) is 45.3 Å². The number of anilines is 1. The van der Waals surface area contributed by atoms with Gasteiger partial charge in [-0.25, -0.2) is 4.98 Å². The fraction of sp³-hybridized carbons (Fsp3) is 0.300. The highest BCUT2D eigenvalue weighted by molar-refractivity contribution is 7.22. The number of carbonyl (C=O) groups excluding carboxylic acids is 1. The summed E-state index contributed by atoms with van der Waals surface area (Å²) in [4.78, 5) is 32.2. The fourth-order valence-corrected chi connectivity index (χ4v) is 4.46. The predicted octanol–water partition coefficient (Wildman–Crippen LogP) is 3.89. The van der Waals surface area contributed by atoms with Crippen molar-refractivity contribution < 1.29 is 19.2 Å². The molecule has 9 nitrogen and oxygen atoms in total. The Balaban J connectivity index is 1.91. The number of methoxy groups -OCH3 is 2. The first-order valence-electron chi connectivity index (χ1n) is 9.23. The minimum Gasteiger partial charge on any atom is -0.493 e. The van der Waals surface area contributed by atoms with E-state index in [-0.39, 0.29) is 10.9 Å². The summed E-state index contributed by atoms with van der Waals surface area (Å²) in [5, 5.41) is 11.4. The number of nitro groups is 1. The molecule has 0 radical (unpaired) electrons. The molecule has 0 unspecified atom stereocenters. The second kappa shape index (κ2) is 9.86. The standard InChI is InChI=1S/C20H22N4O5S2/c1-22(2)9-10-23(18(25)7-5-13-6-8-19(30-13)24(26)27)20-21-14-11-15(28-3)16(29-4)12-17(14)31-20/h5-8,11-12H,9-10H2,1-4H3. The third-order valence-corrected chi connectivity index (χ3v) is 6.38. The maximum Gasteiger partial charge on any atom is 0.324 e. The lowest BCUT2D eigenvalue weighted by Crippen LogP contribution is -2.35. The third-order valence-electron chi connectivity index (χ3n) is 4.33. The number of amides is 1. The van der Waals surface area contributed by atoms with Crippen LogP contribution >= 0.6 is 22.7 Å². The summed E-state index contributed by atoms with van der Waals surface area (Å²) in [6.07, 6.45) is 3.00. The number of ether oxygens (including phenoxy) is 2. The number of nitrogens with zero attached hydrogens (tertiary/aromatic N) is 4. The number of fused-ring (bicyclic) bond motifs is 1. The zero-order valence-corrected chi connectivity index (χ0v) is 19.2. The van der Waals surface area contributed by atoms with Crippen molar-refractivity contribution in [3.8, 4) is 11.5 Å². The fourth-order valence-electron chi connectivity index (χ4n) is 2.73. The van der Waals surface area contributed by atoms with Gasteiger partial charge in [0.25, 0.3) is 5.91 Å². The molecular formula is C20H22N4O5S2. The van der Waals surface area contributed by atoms with Gasteiger partial charge in [-0.3, -0.25) is 19.8 Å². The Bertz CT molecular complexity index is 1080. The van der Waals surface area contributed by atoms with E-state index >= 15 is 0 Å². The Morgan fingerprint density at radius 3 is 2.48 bits per heavy atom. The first kappa shape index (κ1) is 22.7. The number of likely N-dealkylation sites (N-methyl/N-ethyl adjacent to an activating group) is 1. The summed E-state index contributed by atoms with van der Waals surface area (Å²) >= 11 is 2.40. The molecule has 164 valence electrons. The topological polar surface area (TPSA) is 98.0 Å². The van der Waals surface area contributed by atoms with Crippen molar-refractivity contribution in [1.29, 1.82) is 0 Å². The van der Waals surface area contributed by atoms with Crippen LogP contribution in [0.1, 0.15) is 4.88 Å². The molecular weight excluding hydrogens is 440 g/mol. The van der Waals surface area contributed by atoms with Gasteiger partial charge in [0, 0.05) is 42.2 Å². The van der Waals surface area contributed by atoms with E-state index in [1.807, 2.05) is 25.1 Å². The minimum atomic E-state index is -0.448. The summed E-state index contributed by atoms with van der Waals surface area (Å²) in [6, 6.07) is 6.66. The van der Waals surface area contributed by atoms with E-state index in [2.05, 4.69) is 4.98 Å². The summed E-state index contributed by atoms with van der Waals surface area (Å²) in [6.45, 7) is 1.08. The molecule has 0 bridgehead atoms. The Morgan fingerprint density at radius 1 is 1.16 bits per heavy atom. The summed E-state index contributed by atoms with van der Waals surface area (Å²) in [5.41, 5.74) is 0.707. The van der Waals surface area contributed by atoms with E-state index in [4.69, 9.17) is 9.47 Å². The molecule has 1 aromatic carbocycles. The maximum absolute atomic E-state index is 13.0. The number of aromatic nitrogens is 1. The monoisotopic (exact) mass is 462 g/mol. The lowest BCUT2D eigenvalue weighted by Gasteiger charge is -2.20. The van der Waals surface area contributed by atoms with E-state index in [1.165, 1.54) is 23.5 Å². The molecule has 2 aromatic heterocycles. The Hall–Kier alpha value is -3.02. The van der Waals surface area contributed by atoms with Crippen LogP contribution < -0.4 is 14.4 Å². The van der Waals surface area contributed by atoms with Crippen molar-refractivity contribution in [3.63, 3.8) is 0 Å². The molecule has 11 heteroatoms. The third kappa shape index (κ3) is 5.37.